The van der Waals surface area contributed by atoms with Crippen LogP contribution in [0.1, 0.15) is 42.4 Å². The van der Waals surface area contributed by atoms with E-state index < -0.39 is 5.60 Å². The number of aliphatic hydroxyl groups excluding tert-OH is 1. The summed E-state index contributed by atoms with van der Waals surface area (Å²) in [7, 11) is 0. The molecular weight excluding hydrogens is 500 g/mol. The summed E-state index contributed by atoms with van der Waals surface area (Å²) < 4.78 is 12.4. The number of rotatable bonds is 12. The molecule has 5 rings (SSSR count). The van der Waals surface area contributed by atoms with Crippen molar-refractivity contribution >= 4 is 0 Å². The van der Waals surface area contributed by atoms with Gasteiger partial charge in [0.2, 0.25) is 0 Å². The Bertz CT molecular complexity index is 1250. The molecule has 2 heterocycles. The molecule has 2 saturated heterocycles. The van der Waals surface area contributed by atoms with Gasteiger partial charge in [0.1, 0.15) is 17.1 Å². The Morgan fingerprint density at radius 1 is 0.775 bits per heavy atom. The van der Waals surface area contributed by atoms with Crippen molar-refractivity contribution in [3.63, 3.8) is 0 Å². The van der Waals surface area contributed by atoms with Crippen LogP contribution in [0.2, 0.25) is 0 Å². The van der Waals surface area contributed by atoms with E-state index in [9.17, 15) is 10.2 Å². The van der Waals surface area contributed by atoms with E-state index in [1.807, 2.05) is 42.5 Å². The van der Waals surface area contributed by atoms with E-state index in [0.717, 1.165) is 86.6 Å². The molecule has 2 atom stereocenters. The molecule has 1 unspecified atom stereocenters. The molecule has 214 valence electrons. The molecule has 2 N–H and O–H groups in total. The molecule has 0 aliphatic carbocycles. The first kappa shape index (κ1) is 28.6. The molecule has 0 amide bonds. The first-order valence-corrected chi connectivity index (χ1v) is 14.8. The lowest BCUT2D eigenvalue weighted by Gasteiger charge is -2.24. The van der Waals surface area contributed by atoms with Gasteiger partial charge in [-0.2, -0.15) is 0 Å². The van der Waals surface area contributed by atoms with Crippen molar-refractivity contribution in [2.45, 2.75) is 51.2 Å². The predicted molar refractivity (Wildman–Crippen MR) is 160 cm³/mol. The van der Waals surface area contributed by atoms with Crippen LogP contribution >= 0.6 is 0 Å². The third kappa shape index (κ3) is 6.87. The van der Waals surface area contributed by atoms with Gasteiger partial charge in [-0.15, -0.1) is 0 Å². The van der Waals surface area contributed by atoms with Crippen molar-refractivity contribution in [3.05, 3.63) is 83.4 Å². The zero-order valence-electron chi connectivity index (χ0n) is 24.0. The third-order valence-electron chi connectivity index (χ3n) is 8.50. The highest BCUT2D eigenvalue weighted by atomic mass is 16.5. The van der Waals surface area contributed by atoms with Gasteiger partial charge in [-0.05, 0) is 79.5 Å². The topological polar surface area (TPSA) is 65.4 Å². The molecule has 0 spiro atoms. The summed E-state index contributed by atoms with van der Waals surface area (Å²) in [5.41, 5.74) is 4.86. The molecule has 6 heteroatoms. The second kappa shape index (κ2) is 13.2. The Morgan fingerprint density at radius 2 is 1.38 bits per heavy atom. The maximum Gasteiger partial charge on any atom is 0.122 e. The van der Waals surface area contributed by atoms with Crippen LogP contribution in [0.3, 0.4) is 0 Å². The predicted octanol–water partition coefficient (Wildman–Crippen LogP) is 5.17. The van der Waals surface area contributed by atoms with Gasteiger partial charge < -0.3 is 24.6 Å². The van der Waals surface area contributed by atoms with Crippen molar-refractivity contribution in [2.24, 2.45) is 0 Å². The van der Waals surface area contributed by atoms with Crippen LogP contribution in [0.25, 0.3) is 11.1 Å². The Hall–Kier alpha value is -2.90. The van der Waals surface area contributed by atoms with Crippen LogP contribution in [0.5, 0.6) is 11.5 Å². The maximum absolute atomic E-state index is 11.1. The van der Waals surface area contributed by atoms with Crippen molar-refractivity contribution in [1.29, 1.82) is 0 Å². The fraction of sp³-hybridized carbons (Fsp3) is 0.471. The SMILES string of the molecule is Cc1c(OCCCN2CC[C@@H](O)C2)cccc1-c1cccc(OCCCN2CCC(O)(c3ccccc3)C2)c1C. The number of β-amino-alcohol motifs (C(OH)–C–C–N with tert-alkyl or cyclic N) is 2. The maximum atomic E-state index is 11.1. The van der Waals surface area contributed by atoms with Gasteiger partial charge in [0.25, 0.3) is 0 Å². The molecule has 2 aliphatic rings. The summed E-state index contributed by atoms with van der Waals surface area (Å²) in [6, 6.07) is 22.6. The van der Waals surface area contributed by atoms with Crippen molar-refractivity contribution in [2.75, 3.05) is 52.5 Å². The van der Waals surface area contributed by atoms with Crippen LogP contribution in [-0.2, 0) is 5.60 Å². The highest BCUT2D eigenvalue weighted by Gasteiger charge is 2.37. The van der Waals surface area contributed by atoms with Crippen LogP contribution in [0.4, 0.5) is 0 Å². The highest BCUT2D eigenvalue weighted by Crippen LogP contribution is 2.36. The van der Waals surface area contributed by atoms with Crippen molar-refractivity contribution in [3.8, 4) is 22.6 Å². The third-order valence-corrected chi connectivity index (χ3v) is 8.50. The van der Waals surface area contributed by atoms with E-state index in [1.165, 1.54) is 11.1 Å². The van der Waals surface area contributed by atoms with Gasteiger partial charge in [0, 0.05) is 39.3 Å². The summed E-state index contributed by atoms with van der Waals surface area (Å²) in [5.74, 6) is 1.84. The van der Waals surface area contributed by atoms with Gasteiger partial charge >= 0.3 is 0 Å². The lowest BCUT2D eigenvalue weighted by atomic mass is 9.93. The zero-order valence-corrected chi connectivity index (χ0v) is 24.0. The monoisotopic (exact) mass is 544 g/mol. The molecule has 0 radical (unpaired) electrons. The second-order valence-corrected chi connectivity index (χ2v) is 11.4. The lowest BCUT2D eigenvalue weighted by molar-refractivity contribution is 0.0456. The molecule has 6 nitrogen and oxygen atoms in total. The van der Waals surface area contributed by atoms with E-state index in [-0.39, 0.29) is 6.10 Å². The van der Waals surface area contributed by atoms with Crippen LogP contribution < -0.4 is 9.47 Å². The van der Waals surface area contributed by atoms with Crippen LogP contribution in [0.15, 0.2) is 66.7 Å². The zero-order chi connectivity index (χ0) is 28.0. The minimum Gasteiger partial charge on any atom is -0.493 e. The summed E-state index contributed by atoms with van der Waals surface area (Å²) in [5, 5.41) is 20.8. The summed E-state index contributed by atoms with van der Waals surface area (Å²) >= 11 is 0. The average Bonchev–Trinajstić information content (AvgIpc) is 3.57. The van der Waals surface area contributed by atoms with Gasteiger partial charge in [-0.25, -0.2) is 0 Å². The number of aliphatic hydroxyl groups is 2. The largest absolute Gasteiger partial charge is 0.493 e. The first-order valence-electron chi connectivity index (χ1n) is 14.8. The van der Waals surface area contributed by atoms with E-state index >= 15 is 0 Å². The van der Waals surface area contributed by atoms with E-state index in [4.69, 9.17) is 9.47 Å². The molecule has 2 fully saturated rings. The number of nitrogens with zero attached hydrogens (tertiary/aromatic N) is 2. The minimum atomic E-state index is -0.749. The first-order chi connectivity index (χ1) is 19.4. The van der Waals surface area contributed by atoms with E-state index in [2.05, 4.69) is 47.9 Å². The number of hydrogen-bond donors (Lipinski definition) is 2. The van der Waals surface area contributed by atoms with Gasteiger partial charge in [0.15, 0.2) is 0 Å². The highest BCUT2D eigenvalue weighted by molar-refractivity contribution is 5.74. The molecule has 0 aromatic heterocycles. The molecule has 40 heavy (non-hydrogen) atoms. The summed E-state index contributed by atoms with van der Waals surface area (Å²) in [4.78, 5) is 4.64. The number of hydrogen-bond acceptors (Lipinski definition) is 6. The molecule has 3 aromatic carbocycles. The van der Waals surface area contributed by atoms with Crippen molar-refractivity contribution in [1.82, 2.24) is 9.80 Å². The van der Waals surface area contributed by atoms with Gasteiger partial charge in [-0.1, -0.05) is 54.6 Å². The van der Waals surface area contributed by atoms with E-state index in [0.29, 0.717) is 19.8 Å². The average molecular weight is 545 g/mol. The minimum absolute atomic E-state index is 0.172. The Kier molecular flexibility index (Phi) is 9.43. The second-order valence-electron chi connectivity index (χ2n) is 11.4. The number of likely N-dealkylation sites (tertiary alicyclic amines) is 2. The normalized spacial score (nSPS) is 21.6. The van der Waals surface area contributed by atoms with Gasteiger partial charge in [0.05, 0.1) is 19.3 Å². The number of ether oxygens (including phenoxy) is 2. The number of benzene rings is 3. The van der Waals surface area contributed by atoms with Crippen LogP contribution in [0, 0.1) is 13.8 Å². The smallest absolute Gasteiger partial charge is 0.122 e. The molecule has 0 saturated carbocycles. The lowest BCUT2D eigenvalue weighted by Crippen LogP contribution is -2.31. The Balaban J connectivity index is 1.12. The summed E-state index contributed by atoms with van der Waals surface area (Å²) in [6.45, 7) is 10.8. The molecule has 0 bridgehead atoms. The molecular formula is C34H44N2O4. The Labute approximate surface area is 239 Å². The quantitative estimate of drug-likeness (QED) is 0.307. The van der Waals surface area contributed by atoms with Gasteiger partial charge in [-0.3, -0.25) is 4.90 Å². The van der Waals surface area contributed by atoms with Crippen molar-refractivity contribution < 1.29 is 19.7 Å². The Morgan fingerprint density at radius 3 is 1.95 bits per heavy atom. The fourth-order valence-electron chi connectivity index (χ4n) is 6.13. The summed E-state index contributed by atoms with van der Waals surface area (Å²) in [6.07, 6.45) is 3.33. The standard InChI is InChI=1S/C34H44N2O4/c1-26-30(12-6-14-32(26)39-22-8-18-35-20-16-29(37)24-35)31-13-7-15-33(27(31)2)40-23-9-19-36-21-17-34(38,25-36)28-10-4-3-5-11-28/h3-7,10-15,29,37-38H,8-9,16-25H2,1-2H3/t29-,34?/m1/s1. The van der Waals surface area contributed by atoms with E-state index in [1.54, 1.807) is 0 Å². The molecule has 3 aromatic rings. The molecule has 2 aliphatic heterocycles. The van der Waals surface area contributed by atoms with Crippen LogP contribution in [-0.4, -0.2) is 78.6 Å². The fourth-order valence-corrected chi connectivity index (χ4v) is 6.13.